The Hall–Kier alpha value is -6.04. The van der Waals surface area contributed by atoms with Crippen LogP contribution < -0.4 is 20.4 Å². The van der Waals surface area contributed by atoms with Gasteiger partial charge < -0.3 is 15.2 Å². The number of nitro benzene ring substituents is 1. The van der Waals surface area contributed by atoms with Crippen LogP contribution in [0, 0.1) is 10.1 Å². The van der Waals surface area contributed by atoms with Crippen molar-refractivity contribution in [3.05, 3.63) is 119 Å². The van der Waals surface area contributed by atoms with Crippen molar-refractivity contribution in [3.63, 3.8) is 0 Å². The van der Waals surface area contributed by atoms with Crippen LogP contribution in [0.4, 0.5) is 40.6 Å². The van der Waals surface area contributed by atoms with Gasteiger partial charge in [-0.2, -0.15) is 20.1 Å². The number of rotatable bonds is 10. The molecule has 0 spiro atoms. The van der Waals surface area contributed by atoms with E-state index in [9.17, 15) is 15.2 Å². The molecule has 204 valence electrons. The molecule has 12 heteroatoms. The summed E-state index contributed by atoms with van der Waals surface area (Å²) >= 11 is 0. The predicted octanol–water partition coefficient (Wildman–Crippen LogP) is 6.15. The lowest BCUT2D eigenvalue weighted by atomic mass is 10.2. The Kier molecular flexibility index (Phi) is 7.91. The highest BCUT2D eigenvalue weighted by Crippen LogP contribution is 2.33. The van der Waals surface area contributed by atoms with E-state index in [0.29, 0.717) is 17.4 Å². The summed E-state index contributed by atoms with van der Waals surface area (Å²) in [6.45, 7) is 0. The third-order valence-electron chi connectivity index (χ3n) is 5.79. The standard InChI is InChI=1S/C29H24N8O4/c1-41-25-15-12-21(13-16-25)31-27-32-28(35-30-19-20-18-24(37(39)40)14-17-26(20)38)34-29(33-27)36(22-8-4-2-5-9-22)23-10-6-3-7-11-23/h2-19,38H,1H3,(H2,31,32,33,34,35)/b30-19-. The Bertz CT molecular complexity index is 1630. The number of nitro groups is 1. The van der Waals surface area contributed by atoms with Crippen LogP contribution in [0.3, 0.4) is 0 Å². The molecule has 0 atom stereocenters. The number of nitrogens with one attached hydrogen (secondary N) is 2. The van der Waals surface area contributed by atoms with Crippen molar-refractivity contribution in [3.8, 4) is 11.5 Å². The summed E-state index contributed by atoms with van der Waals surface area (Å²) in [5.41, 5.74) is 5.06. The largest absolute Gasteiger partial charge is 0.507 e. The fraction of sp³-hybridized carbons (Fsp3) is 0.0345. The van der Waals surface area contributed by atoms with Crippen molar-refractivity contribution in [2.75, 3.05) is 22.8 Å². The molecule has 12 nitrogen and oxygen atoms in total. The van der Waals surface area contributed by atoms with E-state index < -0.39 is 4.92 Å². The van der Waals surface area contributed by atoms with E-state index >= 15 is 0 Å². The zero-order valence-electron chi connectivity index (χ0n) is 21.7. The molecule has 1 heterocycles. The average molecular weight is 549 g/mol. The van der Waals surface area contributed by atoms with Gasteiger partial charge in [-0.25, -0.2) is 5.43 Å². The molecule has 0 aliphatic carbocycles. The third kappa shape index (κ3) is 6.52. The van der Waals surface area contributed by atoms with Crippen LogP contribution in [0.2, 0.25) is 0 Å². The predicted molar refractivity (Wildman–Crippen MR) is 157 cm³/mol. The van der Waals surface area contributed by atoms with Crippen LogP contribution in [0.15, 0.2) is 108 Å². The summed E-state index contributed by atoms with van der Waals surface area (Å²) < 4.78 is 5.24. The maximum atomic E-state index is 11.1. The van der Waals surface area contributed by atoms with Crippen LogP contribution in [0.1, 0.15) is 5.56 Å². The minimum absolute atomic E-state index is 0.0871. The van der Waals surface area contributed by atoms with E-state index in [4.69, 9.17) is 9.72 Å². The minimum atomic E-state index is -0.554. The van der Waals surface area contributed by atoms with Crippen LogP contribution >= 0.6 is 0 Å². The first-order chi connectivity index (χ1) is 20.0. The number of methoxy groups -OCH3 is 1. The molecular formula is C29H24N8O4. The van der Waals surface area contributed by atoms with Gasteiger partial charge in [0.2, 0.25) is 17.8 Å². The number of ether oxygens (including phenoxy) is 1. The number of anilines is 6. The molecule has 1 aromatic heterocycles. The Morgan fingerprint density at radius 1 is 0.878 bits per heavy atom. The number of benzene rings is 4. The van der Waals surface area contributed by atoms with Crippen molar-refractivity contribution in [1.82, 2.24) is 15.0 Å². The minimum Gasteiger partial charge on any atom is -0.507 e. The van der Waals surface area contributed by atoms with Crippen LogP contribution in [0.25, 0.3) is 0 Å². The van der Waals surface area contributed by atoms with Gasteiger partial charge in [-0.05, 0) is 54.6 Å². The monoisotopic (exact) mass is 548 g/mol. The molecule has 4 aromatic carbocycles. The number of aromatic hydroxyl groups is 1. The Morgan fingerprint density at radius 3 is 2.12 bits per heavy atom. The summed E-state index contributed by atoms with van der Waals surface area (Å²) in [5, 5.41) is 28.6. The highest BCUT2D eigenvalue weighted by molar-refractivity contribution is 5.85. The SMILES string of the molecule is COc1ccc(Nc2nc(N/N=C\c3cc([N+](=O)[O-])ccc3O)nc(N(c3ccccc3)c3ccccc3)n2)cc1. The molecular weight excluding hydrogens is 524 g/mol. The molecule has 0 aliphatic heterocycles. The number of phenolic OH excluding ortho intramolecular Hbond substituents is 1. The summed E-state index contributed by atoms with van der Waals surface area (Å²) in [7, 11) is 1.59. The molecule has 0 amide bonds. The molecule has 5 aromatic rings. The number of aromatic nitrogens is 3. The number of phenols is 1. The second-order valence-corrected chi connectivity index (χ2v) is 8.51. The molecule has 0 saturated carbocycles. The van der Waals surface area contributed by atoms with Crippen molar-refractivity contribution in [1.29, 1.82) is 0 Å². The zero-order valence-corrected chi connectivity index (χ0v) is 21.7. The number of nitrogens with zero attached hydrogens (tertiary/aromatic N) is 6. The lowest BCUT2D eigenvalue weighted by Crippen LogP contribution is -2.16. The summed E-state index contributed by atoms with van der Waals surface area (Å²) in [4.78, 5) is 26.2. The van der Waals surface area contributed by atoms with E-state index in [1.54, 1.807) is 19.2 Å². The normalized spacial score (nSPS) is 10.8. The maximum absolute atomic E-state index is 11.1. The fourth-order valence-corrected chi connectivity index (χ4v) is 3.83. The molecule has 0 saturated heterocycles. The number of para-hydroxylation sites is 2. The first-order valence-electron chi connectivity index (χ1n) is 12.3. The maximum Gasteiger partial charge on any atom is 0.270 e. The average Bonchev–Trinajstić information content (AvgIpc) is 2.99. The number of hydrogen-bond acceptors (Lipinski definition) is 11. The topological polar surface area (TPSA) is 151 Å². The number of non-ortho nitro benzene ring substituents is 1. The van der Waals surface area contributed by atoms with Crippen molar-refractivity contribution in [2.24, 2.45) is 5.10 Å². The lowest BCUT2D eigenvalue weighted by molar-refractivity contribution is -0.384. The van der Waals surface area contributed by atoms with Gasteiger partial charge in [-0.3, -0.25) is 15.0 Å². The van der Waals surface area contributed by atoms with Gasteiger partial charge in [0.25, 0.3) is 5.69 Å². The highest BCUT2D eigenvalue weighted by atomic mass is 16.6. The molecule has 0 fully saturated rings. The van der Waals surface area contributed by atoms with Gasteiger partial charge in [0.05, 0.1) is 18.2 Å². The van der Waals surface area contributed by atoms with Gasteiger partial charge in [-0.1, -0.05) is 36.4 Å². The third-order valence-corrected chi connectivity index (χ3v) is 5.79. The molecule has 0 radical (unpaired) electrons. The second kappa shape index (κ2) is 12.2. The molecule has 0 aliphatic rings. The lowest BCUT2D eigenvalue weighted by Gasteiger charge is -2.23. The van der Waals surface area contributed by atoms with Crippen LogP contribution in [0.5, 0.6) is 11.5 Å². The van der Waals surface area contributed by atoms with E-state index in [1.165, 1.54) is 24.4 Å². The summed E-state index contributed by atoms with van der Waals surface area (Å²) in [6, 6.07) is 30.1. The van der Waals surface area contributed by atoms with Gasteiger partial charge in [0, 0.05) is 34.8 Å². The van der Waals surface area contributed by atoms with E-state index in [-0.39, 0.29) is 28.9 Å². The number of hydrazone groups is 1. The fourth-order valence-electron chi connectivity index (χ4n) is 3.83. The second-order valence-electron chi connectivity index (χ2n) is 8.51. The van der Waals surface area contributed by atoms with Gasteiger partial charge >= 0.3 is 0 Å². The molecule has 5 rings (SSSR count). The van der Waals surface area contributed by atoms with Crippen LogP contribution in [-0.2, 0) is 0 Å². The number of hydrogen-bond donors (Lipinski definition) is 3. The van der Waals surface area contributed by atoms with E-state index in [1.807, 2.05) is 77.7 Å². The smallest absolute Gasteiger partial charge is 0.270 e. The van der Waals surface area contributed by atoms with E-state index in [2.05, 4.69) is 25.8 Å². The summed E-state index contributed by atoms with van der Waals surface area (Å²) in [5.74, 6) is 1.15. The van der Waals surface area contributed by atoms with Gasteiger partial charge in [0.15, 0.2) is 0 Å². The first kappa shape index (κ1) is 26.6. The van der Waals surface area contributed by atoms with Crippen molar-refractivity contribution in [2.45, 2.75) is 0 Å². The molecule has 0 unspecified atom stereocenters. The van der Waals surface area contributed by atoms with Gasteiger partial charge in [-0.15, -0.1) is 0 Å². The zero-order chi connectivity index (χ0) is 28.6. The Labute approximate surface area is 234 Å². The Balaban J connectivity index is 1.54. The molecule has 3 N–H and O–H groups in total. The van der Waals surface area contributed by atoms with Crippen LogP contribution in [-0.4, -0.2) is 38.3 Å². The van der Waals surface area contributed by atoms with Crippen molar-refractivity contribution >= 4 is 46.8 Å². The Morgan fingerprint density at radius 2 is 1.51 bits per heavy atom. The highest BCUT2D eigenvalue weighted by Gasteiger charge is 2.18. The summed E-state index contributed by atoms with van der Waals surface area (Å²) in [6.07, 6.45) is 1.24. The van der Waals surface area contributed by atoms with Gasteiger partial charge in [0.1, 0.15) is 11.5 Å². The quantitative estimate of drug-likeness (QED) is 0.105. The van der Waals surface area contributed by atoms with Crippen molar-refractivity contribution < 1.29 is 14.8 Å². The molecule has 41 heavy (non-hydrogen) atoms. The molecule has 0 bridgehead atoms. The van der Waals surface area contributed by atoms with E-state index in [0.717, 1.165) is 11.4 Å². The first-order valence-corrected chi connectivity index (χ1v) is 12.3.